The van der Waals surface area contributed by atoms with Crippen LogP contribution in [0, 0.1) is 0 Å². The van der Waals surface area contributed by atoms with E-state index >= 15 is 0 Å². The molecule has 1 fully saturated rings. The van der Waals surface area contributed by atoms with Crippen LogP contribution in [0.4, 0.5) is 5.69 Å². The predicted octanol–water partition coefficient (Wildman–Crippen LogP) is -0.400. The Hall–Kier alpha value is -2.08. The van der Waals surface area contributed by atoms with Gasteiger partial charge in [0, 0.05) is 18.8 Å². The van der Waals surface area contributed by atoms with Gasteiger partial charge in [0.2, 0.25) is 0 Å². The highest BCUT2D eigenvalue weighted by Crippen LogP contribution is 2.15. The second-order valence-corrected chi connectivity index (χ2v) is 4.17. The van der Waals surface area contributed by atoms with Crippen molar-refractivity contribution in [3.8, 4) is 0 Å². The Morgan fingerprint density at radius 2 is 1.76 bits per heavy atom. The Morgan fingerprint density at radius 1 is 1.06 bits per heavy atom. The maximum absolute atomic E-state index is 11.2. The summed E-state index contributed by atoms with van der Waals surface area (Å²) < 4.78 is 0. The third-order valence-corrected chi connectivity index (χ3v) is 2.87. The lowest BCUT2D eigenvalue weighted by Crippen LogP contribution is -2.51. The predicted molar refractivity (Wildman–Crippen MR) is 65.5 cm³/mol. The van der Waals surface area contributed by atoms with E-state index in [1.165, 1.54) is 0 Å². The van der Waals surface area contributed by atoms with Crippen LogP contribution in [0.15, 0.2) is 27.8 Å². The first-order valence-corrected chi connectivity index (χ1v) is 5.46. The molecule has 3 rings (SSSR count). The summed E-state index contributed by atoms with van der Waals surface area (Å²) in [4.78, 5) is 27.4. The van der Waals surface area contributed by atoms with Gasteiger partial charge in [0.25, 0.3) is 0 Å². The minimum atomic E-state index is -0.625. The largest absolute Gasteiger partial charge is 0.380 e. The third-order valence-electron chi connectivity index (χ3n) is 2.87. The van der Waals surface area contributed by atoms with E-state index in [-0.39, 0.29) is 0 Å². The molecule has 0 aliphatic carbocycles. The second kappa shape index (κ2) is 3.74. The minimum absolute atomic E-state index is 0.432. The number of nitrogens with one attached hydrogen (secondary N) is 4. The molecule has 1 aliphatic heterocycles. The van der Waals surface area contributed by atoms with Gasteiger partial charge in [0.05, 0.1) is 17.1 Å². The zero-order valence-corrected chi connectivity index (χ0v) is 9.04. The number of hydrogen-bond donors (Lipinski definition) is 4. The van der Waals surface area contributed by atoms with Gasteiger partial charge in [-0.1, -0.05) is 0 Å². The molecule has 0 amide bonds. The Kier molecular flexibility index (Phi) is 2.22. The van der Waals surface area contributed by atoms with Crippen molar-refractivity contribution in [2.24, 2.45) is 0 Å². The number of aromatic amines is 2. The molecule has 17 heavy (non-hydrogen) atoms. The number of hydrogen-bond acceptors (Lipinski definition) is 4. The summed E-state index contributed by atoms with van der Waals surface area (Å²) in [7, 11) is 0. The van der Waals surface area contributed by atoms with Crippen LogP contribution in [0.25, 0.3) is 11.0 Å². The molecule has 0 bridgehead atoms. The summed E-state index contributed by atoms with van der Waals surface area (Å²) in [6, 6.07) is 5.92. The molecular weight excluding hydrogens is 220 g/mol. The van der Waals surface area contributed by atoms with Gasteiger partial charge in [-0.2, -0.15) is 0 Å². The lowest BCUT2D eigenvalue weighted by atomic mass is 10.1. The Balaban J connectivity index is 2.02. The molecule has 0 saturated carbocycles. The highest BCUT2D eigenvalue weighted by atomic mass is 16.2. The van der Waals surface area contributed by atoms with Gasteiger partial charge in [-0.05, 0) is 18.2 Å². The third kappa shape index (κ3) is 1.83. The molecule has 1 aromatic carbocycles. The van der Waals surface area contributed by atoms with Gasteiger partial charge in [0.15, 0.2) is 0 Å². The van der Waals surface area contributed by atoms with Crippen molar-refractivity contribution in [1.29, 1.82) is 0 Å². The molecule has 1 aliphatic rings. The number of H-pyrrole nitrogens is 2. The smallest absolute Gasteiger partial charge is 0.314 e. The van der Waals surface area contributed by atoms with Crippen LogP contribution in [0.2, 0.25) is 0 Å². The first-order chi connectivity index (χ1) is 8.22. The van der Waals surface area contributed by atoms with E-state index in [4.69, 9.17) is 0 Å². The molecular formula is C11H12N4O2. The van der Waals surface area contributed by atoms with Gasteiger partial charge >= 0.3 is 11.1 Å². The van der Waals surface area contributed by atoms with Crippen LogP contribution in [-0.4, -0.2) is 29.1 Å². The SMILES string of the molecule is O=c1[nH]c2ccc(NC3CNC3)cc2[nH]c1=O. The Morgan fingerprint density at radius 3 is 2.41 bits per heavy atom. The highest BCUT2D eigenvalue weighted by Gasteiger charge is 2.15. The summed E-state index contributed by atoms with van der Waals surface area (Å²) in [5, 5.41) is 6.50. The first kappa shape index (κ1) is 10.1. The number of aromatic nitrogens is 2. The molecule has 0 radical (unpaired) electrons. The van der Waals surface area contributed by atoms with Crippen molar-refractivity contribution in [2.75, 3.05) is 18.4 Å². The molecule has 2 heterocycles. The van der Waals surface area contributed by atoms with Crippen LogP contribution in [0.1, 0.15) is 0 Å². The lowest BCUT2D eigenvalue weighted by Gasteiger charge is -2.29. The first-order valence-electron chi connectivity index (χ1n) is 5.46. The van der Waals surface area contributed by atoms with Crippen LogP contribution >= 0.6 is 0 Å². The normalized spacial score (nSPS) is 15.8. The van der Waals surface area contributed by atoms with Crippen LogP contribution in [0.5, 0.6) is 0 Å². The van der Waals surface area contributed by atoms with Crippen molar-refractivity contribution in [3.05, 3.63) is 38.9 Å². The maximum Gasteiger partial charge on any atom is 0.314 e. The van der Waals surface area contributed by atoms with E-state index in [0.717, 1.165) is 18.8 Å². The number of benzene rings is 1. The minimum Gasteiger partial charge on any atom is -0.380 e. The van der Waals surface area contributed by atoms with Crippen molar-refractivity contribution < 1.29 is 0 Å². The molecule has 6 heteroatoms. The molecule has 1 aromatic heterocycles. The fraction of sp³-hybridized carbons (Fsp3) is 0.273. The standard InChI is InChI=1S/C11H12N4O2/c16-10-11(17)15-9-3-6(1-2-8(9)14-10)13-7-4-12-5-7/h1-3,7,12-13H,4-5H2,(H,14,16)(H,15,17). The fourth-order valence-electron chi connectivity index (χ4n) is 1.83. The Labute approximate surface area is 96.1 Å². The molecule has 0 spiro atoms. The summed E-state index contributed by atoms with van der Waals surface area (Å²) >= 11 is 0. The van der Waals surface area contributed by atoms with Crippen molar-refractivity contribution in [1.82, 2.24) is 15.3 Å². The molecule has 6 nitrogen and oxygen atoms in total. The van der Waals surface area contributed by atoms with Crippen molar-refractivity contribution in [2.45, 2.75) is 6.04 Å². The second-order valence-electron chi connectivity index (χ2n) is 4.17. The summed E-state index contributed by atoms with van der Waals surface area (Å²) in [5.41, 5.74) is 0.951. The number of anilines is 1. The van der Waals surface area contributed by atoms with E-state index in [2.05, 4.69) is 20.6 Å². The highest BCUT2D eigenvalue weighted by molar-refractivity contribution is 5.78. The van der Waals surface area contributed by atoms with Gasteiger partial charge in [-0.3, -0.25) is 9.59 Å². The zero-order chi connectivity index (χ0) is 11.8. The van der Waals surface area contributed by atoms with E-state index in [1.54, 1.807) is 6.07 Å². The number of fused-ring (bicyclic) bond motifs is 1. The molecule has 0 atom stereocenters. The van der Waals surface area contributed by atoms with Gasteiger partial charge in [0.1, 0.15) is 0 Å². The monoisotopic (exact) mass is 232 g/mol. The van der Waals surface area contributed by atoms with Gasteiger partial charge in [-0.15, -0.1) is 0 Å². The average molecular weight is 232 g/mol. The van der Waals surface area contributed by atoms with Crippen molar-refractivity contribution >= 4 is 16.7 Å². The quantitative estimate of drug-likeness (QED) is 0.530. The van der Waals surface area contributed by atoms with Crippen LogP contribution in [-0.2, 0) is 0 Å². The van der Waals surface area contributed by atoms with E-state index < -0.39 is 11.1 Å². The van der Waals surface area contributed by atoms with Crippen LogP contribution in [0.3, 0.4) is 0 Å². The van der Waals surface area contributed by atoms with Crippen LogP contribution < -0.4 is 21.8 Å². The Bertz CT molecular complexity index is 669. The summed E-state index contributed by atoms with van der Waals surface area (Å²) in [6.07, 6.45) is 0. The summed E-state index contributed by atoms with van der Waals surface area (Å²) in [6.45, 7) is 1.89. The number of rotatable bonds is 2. The van der Waals surface area contributed by atoms with Crippen molar-refractivity contribution in [3.63, 3.8) is 0 Å². The fourth-order valence-corrected chi connectivity index (χ4v) is 1.83. The lowest BCUT2D eigenvalue weighted by molar-refractivity contribution is 0.472. The molecule has 4 N–H and O–H groups in total. The molecule has 2 aromatic rings. The molecule has 0 unspecified atom stereocenters. The zero-order valence-electron chi connectivity index (χ0n) is 9.04. The molecule has 1 saturated heterocycles. The topological polar surface area (TPSA) is 89.8 Å². The van der Waals surface area contributed by atoms with E-state index in [1.807, 2.05) is 12.1 Å². The molecule has 88 valence electrons. The maximum atomic E-state index is 11.2. The van der Waals surface area contributed by atoms with E-state index in [0.29, 0.717) is 17.1 Å². The van der Waals surface area contributed by atoms with Gasteiger partial charge < -0.3 is 20.6 Å². The summed E-state index contributed by atoms with van der Waals surface area (Å²) in [5.74, 6) is 0. The van der Waals surface area contributed by atoms with Gasteiger partial charge in [-0.25, -0.2) is 0 Å². The average Bonchev–Trinajstić information content (AvgIpc) is 2.25. The van der Waals surface area contributed by atoms with E-state index in [9.17, 15) is 9.59 Å².